The fourth-order valence-corrected chi connectivity index (χ4v) is 1.58. The lowest BCUT2D eigenvalue weighted by molar-refractivity contribution is 0.772. The molecule has 2 rings (SSSR count). The molecule has 0 spiro atoms. The van der Waals surface area contributed by atoms with Crippen molar-refractivity contribution in [1.29, 1.82) is 0 Å². The first-order valence-corrected chi connectivity index (χ1v) is 5.56. The number of anilines is 1. The van der Waals surface area contributed by atoms with Crippen molar-refractivity contribution in [1.82, 2.24) is 10.2 Å². The quantitative estimate of drug-likeness (QED) is 0.785. The summed E-state index contributed by atoms with van der Waals surface area (Å²) < 4.78 is 0. The highest BCUT2D eigenvalue weighted by Gasteiger charge is 2.25. The first-order valence-electron chi connectivity index (χ1n) is 5.56. The number of hydrogen-bond donors (Lipinski definition) is 1. The molecule has 15 heavy (non-hydrogen) atoms. The largest absolute Gasteiger partial charge is 0.358 e. The molecule has 1 fully saturated rings. The first-order chi connectivity index (χ1) is 7.31. The molecule has 1 aliphatic carbocycles. The van der Waals surface area contributed by atoms with Gasteiger partial charge in [-0.05, 0) is 37.9 Å². The molecule has 0 aromatic carbocycles. The molecule has 4 nitrogen and oxygen atoms in total. The highest BCUT2D eigenvalue weighted by Crippen LogP contribution is 2.38. The van der Waals surface area contributed by atoms with Gasteiger partial charge in [-0.2, -0.15) is 5.10 Å². The Balaban J connectivity index is 1.95. The number of hydrogen-bond acceptors (Lipinski definition) is 4. The zero-order valence-electron chi connectivity index (χ0n) is 9.19. The van der Waals surface area contributed by atoms with Crippen LogP contribution in [-0.2, 0) is 0 Å². The van der Waals surface area contributed by atoms with Gasteiger partial charge in [0.2, 0.25) is 0 Å². The van der Waals surface area contributed by atoms with Gasteiger partial charge in [-0.3, -0.25) is 0 Å². The molecular weight excluding hydrogens is 188 g/mol. The van der Waals surface area contributed by atoms with Crippen LogP contribution in [0.1, 0.15) is 30.9 Å². The molecule has 0 aliphatic heterocycles. The minimum atomic E-state index is 0.681. The van der Waals surface area contributed by atoms with E-state index in [0.29, 0.717) is 5.92 Å². The van der Waals surface area contributed by atoms with Gasteiger partial charge in [0.15, 0.2) is 5.82 Å². The van der Waals surface area contributed by atoms with Crippen LogP contribution >= 0.6 is 0 Å². The van der Waals surface area contributed by atoms with E-state index in [0.717, 1.165) is 31.0 Å². The maximum atomic E-state index is 5.46. The lowest BCUT2D eigenvalue weighted by atomic mass is 10.3. The van der Waals surface area contributed by atoms with Crippen molar-refractivity contribution in [3.8, 4) is 0 Å². The summed E-state index contributed by atoms with van der Waals surface area (Å²) in [6.07, 6.45) is 3.54. The first kappa shape index (κ1) is 10.4. The van der Waals surface area contributed by atoms with E-state index >= 15 is 0 Å². The molecule has 2 N–H and O–H groups in total. The summed E-state index contributed by atoms with van der Waals surface area (Å²) in [6, 6.07) is 4.15. The Labute approximate surface area is 90.5 Å². The number of rotatable bonds is 5. The van der Waals surface area contributed by atoms with Gasteiger partial charge in [0.05, 0.1) is 5.69 Å². The Hall–Kier alpha value is -1.16. The summed E-state index contributed by atoms with van der Waals surface area (Å²) >= 11 is 0. The fraction of sp³-hybridized carbons (Fsp3) is 0.636. The lowest BCUT2D eigenvalue weighted by Gasteiger charge is -2.16. The van der Waals surface area contributed by atoms with Crippen molar-refractivity contribution in [3.63, 3.8) is 0 Å². The van der Waals surface area contributed by atoms with E-state index in [4.69, 9.17) is 5.73 Å². The molecule has 82 valence electrons. The number of nitrogens with two attached hydrogens (primary N) is 1. The zero-order chi connectivity index (χ0) is 10.7. The second-order valence-electron chi connectivity index (χ2n) is 4.15. The van der Waals surface area contributed by atoms with Crippen molar-refractivity contribution in [2.24, 2.45) is 5.73 Å². The van der Waals surface area contributed by atoms with E-state index < -0.39 is 0 Å². The fourth-order valence-electron chi connectivity index (χ4n) is 1.58. The van der Waals surface area contributed by atoms with Crippen LogP contribution in [-0.4, -0.2) is 30.3 Å². The summed E-state index contributed by atoms with van der Waals surface area (Å²) in [6.45, 7) is 1.66. The molecule has 0 bridgehead atoms. The van der Waals surface area contributed by atoms with Crippen LogP contribution in [0.15, 0.2) is 12.1 Å². The maximum Gasteiger partial charge on any atom is 0.150 e. The van der Waals surface area contributed by atoms with Gasteiger partial charge in [-0.1, -0.05) is 0 Å². The molecule has 1 aromatic heterocycles. The second-order valence-corrected chi connectivity index (χ2v) is 4.15. The zero-order valence-corrected chi connectivity index (χ0v) is 9.19. The Morgan fingerprint density at radius 2 is 2.20 bits per heavy atom. The molecule has 1 aliphatic rings. The van der Waals surface area contributed by atoms with Gasteiger partial charge < -0.3 is 10.6 Å². The minimum Gasteiger partial charge on any atom is -0.358 e. The van der Waals surface area contributed by atoms with Crippen LogP contribution in [0, 0.1) is 0 Å². The summed E-state index contributed by atoms with van der Waals surface area (Å²) in [5.74, 6) is 1.62. The van der Waals surface area contributed by atoms with Crippen molar-refractivity contribution >= 4 is 5.82 Å². The van der Waals surface area contributed by atoms with E-state index in [1.807, 2.05) is 7.05 Å². The Bertz CT molecular complexity index is 305. The van der Waals surface area contributed by atoms with E-state index in [1.54, 1.807) is 0 Å². The van der Waals surface area contributed by atoms with E-state index in [1.165, 1.54) is 12.8 Å². The van der Waals surface area contributed by atoms with Crippen LogP contribution in [0.5, 0.6) is 0 Å². The summed E-state index contributed by atoms with van der Waals surface area (Å²) in [5, 5.41) is 8.47. The van der Waals surface area contributed by atoms with Gasteiger partial charge in [-0.15, -0.1) is 5.10 Å². The number of aromatic nitrogens is 2. The van der Waals surface area contributed by atoms with Crippen LogP contribution in [0.3, 0.4) is 0 Å². The molecule has 0 unspecified atom stereocenters. The van der Waals surface area contributed by atoms with Crippen LogP contribution in [0.25, 0.3) is 0 Å². The lowest BCUT2D eigenvalue weighted by Crippen LogP contribution is -2.22. The Morgan fingerprint density at radius 1 is 1.40 bits per heavy atom. The van der Waals surface area contributed by atoms with E-state index in [2.05, 4.69) is 27.2 Å². The van der Waals surface area contributed by atoms with E-state index in [9.17, 15) is 0 Å². The van der Waals surface area contributed by atoms with Gasteiger partial charge >= 0.3 is 0 Å². The third-order valence-electron chi connectivity index (χ3n) is 2.76. The minimum absolute atomic E-state index is 0.681. The number of nitrogens with zero attached hydrogens (tertiary/aromatic N) is 3. The molecule has 0 amide bonds. The molecule has 1 aromatic rings. The molecule has 0 radical (unpaired) electrons. The molecule has 0 saturated heterocycles. The molecule has 0 atom stereocenters. The highest BCUT2D eigenvalue weighted by molar-refractivity contribution is 5.36. The predicted octanol–water partition coefficient (Wildman–Crippen LogP) is 1.14. The smallest absolute Gasteiger partial charge is 0.150 e. The summed E-state index contributed by atoms with van der Waals surface area (Å²) in [7, 11) is 2.02. The van der Waals surface area contributed by atoms with Crippen molar-refractivity contribution in [3.05, 3.63) is 17.8 Å². The Morgan fingerprint density at radius 3 is 2.73 bits per heavy atom. The summed E-state index contributed by atoms with van der Waals surface area (Å²) in [4.78, 5) is 2.09. The highest BCUT2D eigenvalue weighted by atomic mass is 15.2. The predicted molar refractivity (Wildman–Crippen MR) is 60.9 cm³/mol. The topological polar surface area (TPSA) is 55.0 Å². The average Bonchev–Trinajstić information content (AvgIpc) is 3.10. The van der Waals surface area contributed by atoms with Crippen molar-refractivity contribution in [2.45, 2.75) is 25.2 Å². The standard InChI is InChI=1S/C11H18N4/c1-15(8-2-7-12)11-6-5-10(13-14-11)9-3-4-9/h5-6,9H,2-4,7-8,12H2,1H3. The van der Waals surface area contributed by atoms with Crippen molar-refractivity contribution in [2.75, 3.05) is 25.0 Å². The maximum absolute atomic E-state index is 5.46. The van der Waals surface area contributed by atoms with Crippen LogP contribution < -0.4 is 10.6 Å². The summed E-state index contributed by atoms with van der Waals surface area (Å²) in [5.41, 5.74) is 6.61. The normalized spacial score (nSPS) is 15.3. The monoisotopic (exact) mass is 206 g/mol. The third kappa shape index (κ3) is 2.65. The third-order valence-corrected chi connectivity index (χ3v) is 2.76. The Kier molecular flexibility index (Phi) is 3.16. The van der Waals surface area contributed by atoms with Gasteiger partial charge in [0, 0.05) is 19.5 Å². The van der Waals surface area contributed by atoms with Crippen LogP contribution in [0.4, 0.5) is 5.82 Å². The van der Waals surface area contributed by atoms with Gasteiger partial charge in [0.25, 0.3) is 0 Å². The van der Waals surface area contributed by atoms with Crippen LogP contribution in [0.2, 0.25) is 0 Å². The van der Waals surface area contributed by atoms with Crippen molar-refractivity contribution < 1.29 is 0 Å². The second kappa shape index (κ2) is 4.57. The molecule has 4 heteroatoms. The SMILES string of the molecule is CN(CCCN)c1ccc(C2CC2)nn1. The molecule has 1 heterocycles. The van der Waals surface area contributed by atoms with Gasteiger partial charge in [-0.25, -0.2) is 0 Å². The molecular formula is C11H18N4. The van der Waals surface area contributed by atoms with E-state index in [-0.39, 0.29) is 0 Å². The average molecular weight is 206 g/mol. The van der Waals surface area contributed by atoms with Gasteiger partial charge in [0.1, 0.15) is 0 Å². The molecule has 1 saturated carbocycles.